The number of hydrogen-bond acceptors (Lipinski definition) is 3. The molecule has 0 bridgehead atoms. The largest absolute Gasteiger partial charge is 0.475 e. The summed E-state index contributed by atoms with van der Waals surface area (Å²) in [7, 11) is 0. The van der Waals surface area contributed by atoms with E-state index in [0.29, 0.717) is 0 Å². The summed E-state index contributed by atoms with van der Waals surface area (Å²) >= 11 is 0. The normalized spacial score (nSPS) is 11.9. The quantitative estimate of drug-likeness (QED) is 0.784. The maximum absolute atomic E-state index is 13.2. The number of amides is 1. The zero-order chi connectivity index (χ0) is 12.1. The van der Waals surface area contributed by atoms with Crippen molar-refractivity contribution < 1.29 is 13.9 Å². The first-order valence-corrected chi connectivity index (χ1v) is 4.77. The van der Waals surface area contributed by atoms with Crippen LogP contribution >= 0.6 is 0 Å². The molecule has 0 aliphatic heterocycles. The third kappa shape index (κ3) is 3.38. The van der Waals surface area contributed by atoms with Crippen molar-refractivity contribution >= 4 is 5.91 Å². The van der Waals surface area contributed by atoms with Gasteiger partial charge in [0.25, 0.3) is 0 Å². The van der Waals surface area contributed by atoms with Crippen molar-refractivity contribution in [3.63, 3.8) is 0 Å². The van der Waals surface area contributed by atoms with Gasteiger partial charge in [0.15, 0.2) is 0 Å². The van der Waals surface area contributed by atoms with E-state index in [-0.39, 0.29) is 24.4 Å². The Morgan fingerprint density at radius 3 is 3.00 bits per heavy atom. The van der Waals surface area contributed by atoms with Crippen LogP contribution in [-0.4, -0.2) is 23.5 Å². The number of aromatic amines is 1. The summed E-state index contributed by atoms with van der Waals surface area (Å²) in [6.07, 6.45) is 1.30. The average Bonchev–Trinajstić information content (AvgIpc) is 2.19. The molecule has 0 aromatic carbocycles. The minimum atomic E-state index is -0.961. The molecule has 1 heterocycles. The fraction of sp³-hybridized carbons (Fsp3) is 0.400. The van der Waals surface area contributed by atoms with Crippen molar-refractivity contribution in [2.45, 2.75) is 19.9 Å². The van der Waals surface area contributed by atoms with Gasteiger partial charge in [0, 0.05) is 19.2 Å². The highest BCUT2D eigenvalue weighted by Crippen LogP contribution is 2.07. The molecule has 5 nitrogen and oxygen atoms in total. The van der Waals surface area contributed by atoms with Gasteiger partial charge in [-0.2, -0.15) is 4.39 Å². The topological polar surface area (TPSA) is 71.2 Å². The number of nitrogens with one attached hydrogen (secondary N) is 2. The number of hydrogen-bond donors (Lipinski definition) is 2. The standard InChI is InChI=1S/C10H13FN2O3/c1-6(13-7(2)14)5-16-10-9(11)8(15)3-4-12-10/h3-4,6H,5H2,1-2H3,(H,12,15)(H,13,14)/t6-/m0/s1. The fourth-order valence-corrected chi connectivity index (χ4v) is 1.14. The maximum Gasteiger partial charge on any atom is 0.232 e. The van der Waals surface area contributed by atoms with Gasteiger partial charge < -0.3 is 15.0 Å². The summed E-state index contributed by atoms with van der Waals surface area (Å²) in [6.45, 7) is 3.16. The van der Waals surface area contributed by atoms with Gasteiger partial charge >= 0.3 is 0 Å². The summed E-state index contributed by atoms with van der Waals surface area (Å²) in [5.74, 6) is -1.37. The second kappa shape index (κ2) is 5.29. The number of pyridine rings is 1. The summed E-state index contributed by atoms with van der Waals surface area (Å²) in [6, 6.07) is 0.806. The third-order valence-electron chi connectivity index (χ3n) is 1.79. The Morgan fingerprint density at radius 1 is 1.69 bits per heavy atom. The molecule has 0 unspecified atom stereocenters. The van der Waals surface area contributed by atoms with E-state index in [9.17, 15) is 14.0 Å². The summed E-state index contributed by atoms with van der Waals surface area (Å²) in [5, 5.41) is 2.57. The van der Waals surface area contributed by atoms with Crippen molar-refractivity contribution in [2.75, 3.05) is 6.61 Å². The van der Waals surface area contributed by atoms with Gasteiger partial charge in [-0.3, -0.25) is 9.59 Å². The van der Waals surface area contributed by atoms with Crippen molar-refractivity contribution in [1.82, 2.24) is 10.3 Å². The minimum absolute atomic E-state index is 0.0798. The first-order valence-electron chi connectivity index (χ1n) is 4.77. The number of carbonyl (C=O) groups is 1. The Hall–Kier alpha value is -1.85. The second-order valence-electron chi connectivity index (χ2n) is 3.40. The van der Waals surface area contributed by atoms with Gasteiger partial charge in [-0.1, -0.05) is 0 Å². The zero-order valence-electron chi connectivity index (χ0n) is 9.04. The van der Waals surface area contributed by atoms with Crippen LogP contribution in [0.15, 0.2) is 17.1 Å². The molecule has 1 rings (SSSR count). The van der Waals surface area contributed by atoms with E-state index in [1.54, 1.807) is 6.92 Å². The molecule has 0 saturated heterocycles. The molecular formula is C10H13FN2O3. The highest BCUT2D eigenvalue weighted by molar-refractivity contribution is 5.73. The van der Waals surface area contributed by atoms with Crippen LogP contribution in [0.5, 0.6) is 5.88 Å². The molecule has 1 aromatic rings. The first kappa shape index (κ1) is 12.2. The number of halogens is 1. The molecule has 1 amide bonds. The molecule has 1 atom stereocenters. The van der Waals surface area contributed by atoms with Crippen molar-refractivity contribution in [1.29, 1.82) is 0 Å². The van der Waals surface area contributed by atoms with Crippen LogP contribution in [0.25, 0.3) is 0 Å². The predicted molar refractivity (Wildman–Crippen MR) is 55.8 cm³/mol. The van der Waals surface area contributed by atoms with Crippen molar-refractivity contribution in [2.24, 2.45) is 0 Å². The number of aromatic nitrogens is 1. The van der Waals surface area contributed by atoms with Crippen LogP contribution < -0.4 is 15.5 Å². The lowest BCUT2D eigenvalue weighted by Gasteiger charge is -2.13. The van der Waals surface area contributed by atoms with E-state index in [1.807, 2.05) is 0 Å². The van der Waals surface area contributed by atoms with Crippen LogP contribution in [-0.2, 0) is 4.79 Å². The van der Waals surface area contributed by atoms with E-state index >= 15 is 0 Å². The van der Waals surface area contributed by atoms with E-state index in [2.05, 4.69) is 10.3 Å². The Balaban J connectivity index is 2.58. The van der Waals surface area contributed by atoms with E-state index in [0.717, 1.165) is 6.07 Å². The molecule has 1 aromatic heterocycles. The van der Waals surface area contributed by atoms with Crippen LogP contribution in [0.3, 0.4) is 0 Å². The van der Waals surface area contributed by atoms with E-state index in [4.69, 9.17) is 4.74 Å². The Kier molecular flexibility index (Phi) is 4.04. The smallest absolute Gasteiger partial charge is 0.232 e. The van der Waals surface area contributed by atoms with Crippen LogP contribution in [0.1, 0.15) is 13.8 Å². The average molecular weight is 228 g/mol. The van der Waals surface area contributed by atoms with E-state index < -0.39 is 11.2 Å². The van der Waals surface area contributed by atoms with Gasteiger partial charge in [0.2, 0.25) is 23.0 Å². The number of ether oxygens (including phenoxy) is 1. The molecular weight excluding hydrogens is 215 g/mol. The molecule has 0 radical (unpaired) electrons. The lowest BCUT2D eigenvalue weighted by Crippen LogP contribution is -2.35. The summed E-state index contributed by atoms with van der Waals surface area (Å²) < 4.78 is 18.2. The predicted octanol–water partition coefficient (Wildman–Crippen LogP) is 0.417. The highest BCUT2D eigenvalue weighted by atomic mass is 19.1. The van der Waals surface area contributed by atoms with Gasteiger partial charge in [0.1, 0.15) is 6.61 Å². The molecule has 16 heavy (non-hydrogen) atoms. The van der Waals surface area contributed by atoms with E-state index in [1.165, 1.54) is 13.1 Å². The number of rotatable bonds is 4. The van der Waals surface area contributed by atoms with Crippen molar-refractivity contribution in [3.8, 4) is 5.88 Å². The van der Waals surface area contributed by atoms with Gasteiger partial charge in [-0.15, -0.1) is 0 Å². The van der Waals surface area contributed by atoms with Crippen LogP contribution in [0.2, 0.25) is 0 Å². The molecule has 6 heteroatoms. The first-order chi connectivity index (χ1) is 7.50. The second-order valence-corrected chi connectivity index (χ2v) is 3.40. The SMILES string of the molecule is CC(=O)N[C@@H](C)COc1[nH]ccc(=O)c1F. The summed E-state index contributed by atoms with van der Waals surface area (Å²) in [4.78, 5) is 24.1. The lowest BCUT2D eigenvalue weighted by molar-refractivity contribution is -0.119. The number of carbonyl (C=O) groups excluding carboxylic acids is 1. The van der Waals surface area contributed by atoms with Gasteiger partial charge in [-0.25, -0.2) is 0 Å². The molecule has 0 fully saturated rings. The van der Waals surface area contributed by atoms with Gasteiger partial charge in [-0.05, 0) is 6.92 Å². The third-order valence-corrected chi connectivity index (χ3v) is 1.79. The molecule has 0 spiro atoms. The van der Waals surface area contributed by atoms with Gasteiger partial charge in [0.05, 0.1) is 6.04 Å². The van der Waals surface area contributed by atoms with Crippen molar-refractivity contribution in [3.05, 3.63) is 28.3 Å². The molecule has 88 valence electrons. The Bertz CT molecular complexity index is 430. The number of H-pyrrole nitrogens is 1. The molecule has 0 aliphatic carbocycles. The zero-order valence-corrected chi connectivity index (χ0v) is 9.04. The molecule has 0 aliphatic rings. The Morgan fingerprint density at radius 2 is 2.38 bits per heavy atom. The fourth-order valence-electron chi connectivity index (χ4n) is 1.14. The lowest BCUT2D eigenvalue weighted by atomic mass is 10.3. The van der Waals surface area contributed by atoms with Crippen LogP contribution in [0, 0.1) is 5.82 Å². The highest BCUT2D eigenvalue weighted by Gasteiger charge is 2.09. The summed E-state index contributed by atoms with van der Waals surface area (Å²) in [5.41, 5.74) is -0.735. The Labute approximate surface area is 91.6 Å². The van der Waals surface area contributed by atoms with Crippen LogP contribution in [0.4, 0.5) is 4.39 Å². The minimum Gasteiger partial charge on any atom is -0.475 e. The monoisotopic (exact) mass is 228 g/mol. The molecule has 0 saturated carbocycles. The maximum atomic E-state index is 13.2. The molecule has 2 N–H and O–H groups in total.